The Hall–Kier alpha value is -1.65. The third-order valence-corrected chi connectivity index (χ3v) is 4.29. The highest BCUT2D eigenvalue weighted by molar-refractivity contribution is 6.05. The number of allylic oxidation sites excluding steroid dienone is 2. The van der Waals surface area contributed by atoms with Crippen LogP contribution in [0.2, 0.25) is 0 Å². The second kappa shape index (κ2) is 6.87. The minimum atomic E-state index is -0.204. The van der Waals surface area contributed by atoms with Crippen LogP contribution in [0.3, 0.4) is 0 Å². The van der Waals surface area contributed by atoms with Crippen LogP contribution in [-0.2, 0) is 14.4 Å². The van der Waals surface area contributed by atoms with Gasteiger partial charge in [0.2, 0.25) is 17.7 Å². The molecule has 21 heavy (non-hydrogen) atoms. The number of hydrogen-bond acceptors (Lipinski definition) is 3. The van der Waals surface area contributed by atoms with Gasteiger partial charge < -0.3 is 5.32 Å². The molecule has 0 bridgehead atoms. The number of imide groups is 1. The molecule has 116 valence electrons. The summed E-state index contributed by atoms with van der Waals surface area (Å²) in [5.74, 6) is -0.716. The van der Waals surface area contributed by atoms with Crippen LogP contribution in [-0.4, -0.2) is 35.2 Å². The molecular weight excluding hydrogens is 268 g/mol. The summed E-state index contributed by atoms with van der Waals surface area (Å²) in [6, 6.07) is 0.138. The van der Waals surface area contributed by atoms with Gasteiger partial charge in [0, 0.05) is 19.0 Å². The third kappa shape index (κ3) is 3.52. The molecule has 1 aliphatic heterocycles. The Labute approximate surface area is 125 Å². The highest BCUT2D eigenvalue weighted by atomic mass is 16.2. The molecule has 0 spiro atoms. The molecule has 2 aliphatic rings. The lowest BCUT2D eigenvalue weighted by Gasteiger charge is -2.16. The number of carbonyl (C=O) groups excluding carboxylic acids is 3. The molecule has 1 saturated heterocycles. The molecule has 5 heteroatoms. The van der Waals surface area contributed by atoms with E-state index in [0.29, 0.717) is 12.8 Å². The summed E-state index contributed by atoms with van der Waals surface area (Å²) >= 11 is 0. The Bertz CT molecular complexity index is 432. The van der Waals surface area contributed by atoms with Gasteiger partial charge in [-0.05, 0) is 26.2 Å². The van der Waals surface area contributed by atoms with Crippen molar-refractivity contribution in [3.05, 3.63) is 12.2 Å². The fraction of sp³-hybridized carbons (Fsp3) is 0.688. The van der Waals surface area contributed by atoms with Crippen LogP contribution in [0.4, 0.5) is 0 Å². The second-order valence-electron chi connectivity index (χ2n) is 5.99. The molecule has 2 rings (SSSR count). The van der Waals surface area contributed by atoms with Gasteiger partial charge in [-0.2, -0.15) is 0 Å². The number of rotatable bonds is 6. The molecule has 1 N–H and O–H groups in total. The zero-order chi connectivity index (χ0) is 15.4. The first kappa shape index (κ1) is 15.7. The van der Waals surface area contributed by atoms with E-state index in [4.69, 9.17) is 0 Å². The van der Waals surface area contributed by atoms with Gasteiger partial charge in [-0.15, -0.1) is 0 Å². The van der Waals surface area contributed by atoms with Crippen LogP contribution in [0, 0.1) is 11.8 Å². The first-order valence-electron chi connectivity index (χ1n) is 7.84. The average Bonchev–Trinajstić information content (AvgIpc) is 2.70. The van der Waals surface area contributed by atoms with Crippen molar-refractivity contribution in [2.75, 3.05) is 6.54 Å². The lowest BCUT2D eigenvalue weighted by molar-refractivity contribution is -0.140. The minimum Gasteiger partial charge on any atom is -0.354 e. The average molecular weight is 292 g/mol. The molecule has 0 aromatic rings. The van der Waals surface area contributed by atoms with E-state index in [-0.39, 0.29) is 48.6 Å². The summed E-state index contributed by atoms with van der Waals surface area (Å²) in [6.45, 7) is 4.24. The van der Waals surface area contributed by atoms with Gasteiger partial charge in [-0.25, -0.2) is 0 Å². The number of hydrogen-bond donors (Lipinski definition) is 1. The van der Waals surface area contributed by atoms with Gasteiger partial charge >= 0.3 is 0 Å². The SMILES string of the molecule is CCC[C@H](C)NC(=O)CCN1C(=O)[C@H]2CC=CC[C@H]2C1=O. The van der Waals surface area contributed by atoms with Crippen molar-refractivity contribution >= 4 is 17.7 Å². The van der Waals surface area contributed by atoms with Crippen molar-refractivity contribution in [2.24, 2.45) is 11.8 Å². The molecule has 1 fully saturated rings. The number of nitrogens with one attached hydrogen (secondary N) is 1. The van der Waals surface area contributed by atoms with Crippen LogP contribution in [0.1, 0.15) is 46.0 Å². The van der Waals surface area contributed by atoms with Crippen LogP contribution in [0.15, 0.2) is 12.2 Å². The largest absolute Gasteiger partial charge is 0.354 e. The lowest BCUT2D eigenvalue weighted by atomic mass is 9.85. The van der Waals surface area contributed by atoms with E-state index in [0.717, 1.165) is 12.8 Å². The van der Waals surface area contributed by atoms with E-state index >= 15 is 0 Å². The Morgan fingerprint density at radius 1 is 1.29 bits per heavy atom. The van der Waals surface area contributed by atoms with Gasteiger partial charge in [0.1, 0.15) is 0 Å². The molecular formula is C16H24N2O3. The number of nitrogens with zero attached hydrogens (tertiary/aromatic N) is 1. The molecule has 0 aromatic heterocycles. The van der Waals surface area contributed by atoms with E-state index in [1.165, 1.54) is 4.90 Å². The summed E-state index contributed by atoms with van der Waals surface area (Å²) in [4.78, 5) is 37.6. The van der Waals surface area contributed by atoms with Gasteiger partial charge in [0.15, 0.2) is 0 Å². The van der Waals surface area contributed by atoms with Crippen molar-refractivity contribution in [2.45, 2.75) is 52.0 Å². The zero-order valence-electron chi connectivity index (χ0n) is 12.8. The molecule has 0 aromatic carbocycles. The fourth-order valence-corrected chi connectivity index (χ4v) is 3.15. The second-order valence-corrected chi connectivity index (χ2v) is 5.99. The topological polar surface area (TPSA) is 66.5 Å². The molecule has 0 saturated carbocycles. The summed E-state index contributed by atoms with van der Waals surface area (Å²) in [6.07, 6.45) is 7.36. The number of fused-ring (bicyclic) bond motifs is 1. The van der Waals surface area contributed by atoms with Gasteiger partial charge in [-0.1, -0.05) is 25.5 Å². The van der Waals surface area contributed by atoms with E-state index in [1.807, 2.05) is 19.1 Å². The normalized spacial score (nSPS) is 25.9. The smallest absolute Gasteiger partial charge is 0.233 e. The van der Waals surface area contributed by atoms with Crippen LogP contribution in [0.25, 0.3) is 0 Å². The highest BCUT2D eigenvalue weighted by Crippen LogP contribution is 2.34. The van der Waals surface area contributed by atoms with Crippen molar-refractivity contribution in [1.29, 1.82) is 0 Å². The number of amides is 3. The molecule has 0 unspecified atom stereocenters. The highest BCUT2D eigenvalue weighted by Gasteiger charge is 2.46. The first-order valence-corrected chi connectivity index (χ1v) is 7.84. The van der Waals surface area contributed by atoms with E-state index in [9.17, 15) is 14.4 Å². The Morgan fingerprint density at radius 3 is 2.38 bits per heavy atom. The standard InChI is InChI=1S/C16H24N2O3/c1-3-6-11(2)17-14(19)9-10-18-15(20)12-7-4-5-8-13(12)16(18)21/h4-5,11-13H,3,6-10H2,1-2H3,(H,17,19)/t11-,12-,13+/m0/s1. The zero-order valence-corrected chi connectivity index (χ0v) is 12.8. The van der Waals surface area contributed by atoms with Crippen molar-refractivity contribution in [3.63, 3.8) is 0 Å². The number of carbonyl (C=O) groups is 3. The predicted molar refractivity (Wildman–Crippen MR) is 79.2 cm³/mol. The molecule has 5 nitrogen and oxygen atoms in total. The Balaban J connectivity index is 1.85. The summed E-state index contributed by atoms with van der Waals surface area (Å²) < 4.78 is 0. The van der Waals surface area contributed by atoms with Crippen molar-refractivity contribution in [3.8, 4) is 0 Å². The van der Waals surface area contributed by atoms with Crippen LogP contribution in [0.5, 0.6) is 0 Å². The summed E-state index contributed by atoms with van der Waals surface area (Å²) in [7, 11) is 0. The maximum atomic E-state index is 12.2. The summed E-state index contributed by atoms with van der Waals surface area (Å²) in [5, 5.41) is 2.90. The van der Waals surface area contributed by atoms with Crippen LogP contribution < -0.4 is 5.32 Å². The molecule has 1 heterocycles. The Morgan fingerprint density at radius 2 is 1.86 bits per heavy atom. The fourth-order valence-electron chi connectivity index (χ4n) is 3.15. The molecule has 3 atom stereocenters. The van der Waals surface area contributed by atoms with Crippen LogP contribution >= 0.6 is 0 Å². The van der Waals surface area contributed by atoms with Gasteiger partial charge in [0.25, 0.3) is 0 Å². The summed E-state index contributed by atoms with van der Waals surface area (Å²) in [5.41, 5.74) is 0. The first-order chi connectivity index (χ1) is 10.0. The van der Waals surface area contributed by atoms with E-state index < -0.39 is 0 Å². The minimum absolute atomic E-state index is 0.0930. The molecule has 3 amide bonds. The number of likely N-dealkylation sites (tertiary alicyclic amines) is 1. The maximum Gasteiger partial charge on any atom is 0.233 e. The maximum absolute atomic E-state index is 12.2. The predicted octanol–water partition coefficient (Wildman–Crippen LogP) is 1.63. The van der Waals surface area contributed by atoms with E-state index in [2.05, 4.69) is 12.2 Å². The molecule has 0 radical (unpaired) electrons. The van der Waals surface area contributed by atoms with Gasteiger partial charge in [0.05, 0.1) is 11.8 Å². The lowest BCUT2D eigenvalue weighted by Crippen LogP contribution is -2.38. The quantitative estimate of drug-likeness (QED) is 0.598. The van der Waals surface area contributed by atoms with E-state index in [1.54, 1.807) is 0 Å². The third-order valence-electron chi connectivity index (χ3n) is 4.29. The molecule has 1 aliphatic carbocycles. The Kier molecular flexibility index (Phi) is 5.15. The van der Waals surface area contributed by atoms with Gasteiger partial charge in [-0.3, -0.25) is 19.3 Å². The van der Waals surface area contributed by atoms with Crippen molar-refractivity contribution in [1.82, 2.24) is 10.2 Å². The van der Waals surface area contributed by atoms with Crippen molar-refractivity contribution < 1.29 is 14.4 Å². The monoisotopic (exact) mass is 292 g/mol.